The largest absolute Gasteiger partial charge is 0.468 e. The summed E-state index contributed by atoms with van der Waals surface area (Å²) >= 11 is 0. The first-order valence-corrected chi connectivity index (χ1v) is 6.85. The van der Waals surface area contributed by atoms with Gasteiger partial charge in [0.05, 0.1) is 7.11 Å². The van der Waals surface area contributed by atoms with Crippen molar-refractivity contribution >= 4 is 5.97 Å². The number of carbonyl (C=O) groups excluding carboxylic acids is 1. The first kappa shape index (κ1) is 14.0. The summed E-state index contributed by atoms with van der Waals surface area (Å²) in [6.07, 6.45) is 1.05. The third-order valence-corrected chi connectivity index (χ3v) is 3.59. The molecule has 2 rings (SSSR count). The van der Waals surface area contributed by atoms with Crippen molar-refractivity contribution in [2.24, 2.45) is 0 Å². The fraction of sp³-hybridized carbons (Fsp3) is 0.533. The number of nitrogens with zero attached hydrogens (tertiary/aromatic N) is 1. The monoisotopic (exact) mass is 262 g/mol. The van der Waals surface area contributed by atoms with Crippen molar-refractivity contribution in [2.75, 3.05) is 26.7 Å². The van der Waals surface area contributed by atoms with Crippen molar-refractivity contribution in [3.05, 3.63) is 35.4 Å². The molecule has 0 saturated carbocycles. The minimum absolute atomic E-state index is 0.180. The van der Waals surface area contributed by atoms with Crippen LogP contribution in [0.25, 0.3) is 0 Å². The standard InChI is InChI=1S/C15H22N2O2/c1-3-16-14(15(18)19-2)11-17-9-8-12-6-4-5-7-13(12)10-17/h4-7,14,16H,3,8-11H2,1-2H3. The summed E-state index contributed by atoms with van der Waals surface area (Å²) in [6, 6.07) is 8.28. The summed E-state index contributed by atoms with van der Waals surface area (Å²) in [5, 5.41) is 3.19. The van der Waals surface area contributed by atoms with Crippen molar-refractivity contribution in [2.45, 2.75) is 25.9 Å². The van der Waals surface area contributed by atoms with Gasteiger partial charge in [-0.05, 0) is 24.1 Å². The average Bonchev–Trinajstić information content (AvgIpc) is 2.46. The molecule has 0 bridgehead atoms. The molecule has 1 N–H and O–H groups in total. The number of nitrogens with one attached hydrogen (secondary N) is 1. The van der Waals surface area contributed by atoms with Gasteiger partial charge in [0.25, 0.3) is 0 Å². The Morgan fingerprint density at radius 1 is 1.42 bits per heavy atom. The molecule has 0 radical (unpaired) electrons. The van der Waals surface area contributed by atoms with E-state index < -0.39 is 0 Å². The van der Waals surface area contributed by atoms with Crippen LogP contribution in [0.15, 0.2) is 24.3 Å². The van der Waals surface area contributed by atoms with Crippen molar-refractivity contribution in [3.8, 4) is 0 Å². The van der Waals surface area contributed by atoms with Crippen LogP contribution in [0.2, 0.25) is 0 Å². The number of hydrogen-bond acceptors (Lipinski definition) is 4. The Morgan fingerprint density at radius 3 is 2.84 bits per heavy atom. The molecule has 0 saturated heterocycles. The molecule has 1 atom stereocenters. The number of carbonyl (C=O) groups is 1. The highest BCUT2D eigenvalue weighted by atomic mass is 16.5. The first-order chi connectivity index (χ1) is 9.24. The maximum absolute atomic E-state index is 11.7. The van der Waals surface area contributed by atoms with Gasteiger partial charge in [0.15, 0.2) is 0 Å². The van der Waals surface area contributed by atoms with E-state index in [9.17, 15) is 4.79 Å². The molecule has 1 aromatic carbocycles. The molecule has 1 heterocycles. The van der Waals surface area contributed by atoms with Gasteiger partial charge in [-0.25, -0.2) is 0 Å². The highest BCUT2D eigenvalue weighted by Crippen LogP contribution is 2.18. The Balaban J connectivity index is 1.98. The van der Waals surface area contributed by atoms with Crippen LogP contribution in [-0.2, 0) is 22.5 Å². The molecule has 104 valence electrons. The number of rotatable bonds is 5. The zero-order valence-corrected chi connectivity index (χ0v) is 11.7. The summed E-state index contributed by atoms with van der Waals surface area (Å²) < 4.78 is 4.85. The lowest BCUT2D eigenvalue weighted by Crippen LogP contribution is -2.47. The van der Waals surface area contributed by atoms with Crippen molar-refractivity contribution < 1.29 is 9.53 Å². The van der Waals surface area contributed by atoms with Crippen LogP contribution in [0.5, 0.6) is 0 Å². The molecule has 1 aliphatic rings. The molecule has 1 unspecified atom stereocenters. The second kappa shape index (κ2) is 6.68. The number of esters is 1. The SMILES string of the molecule is CCNC(CN1CCc2ccccc2C1)C(=O)OC. The van der Waals surface area contributed by atoms with Crippen LogP contribution in [-0.4, -0.2) is 43.7 Å². The smallest absolute Gasteiger partial charge is 0.324 e. The third-order valence-electron chi connectivity index (χ3n) is 3.59. The Morgan fingerprint density at radius 2 is 2.16 bits per heavy atom. The molecular weight excluding hydrogens is 240 g/mol. The third kappa shape index (κ3) is 3.55. The topological polar surface area (TPSA) is 41.6 Å². The number of ether oxygens (including phenoxy) is 1. The van der Waals surface area contributed by atoms with Crippen LogP contribution < -0.4 is 5.32 Å². The van der Waals surface area contributed by atoms with Gasteiger partial charge in [0, 0.05) is 19.6 Å². The second-order valence-electron chi connectivity index (χ2n) is 4.89. The highest BCUT2D eigenvalue weighted by molar-refractivity contribution is 5.75. The summed E-state index contributed by atoms with van der Waals surface area (Å²) in [5.74, 6) is -0.180. The summed E-state index contributed by atoms with van der Waals surface area (Å²) in [7, 11) is 1.44. The predicted octanol–water partition coefficient (Wildman–Crippen LogP) is 1.20. The van der Waals surface area contributed by atoms with E-state index in [1.807, 2.05) is 6.92 Å². The van der Waals surface area contributed by atoms with Crippen molar-refractivity contribution in [1.29, 1.82) is 0 Å². The van der Waals surface area contributed by atoms with Crippen LogP contribution >= 0.6 is 0 Å². The van der Waals surface area contributed by atoms with E-state index in [2.05, 4.69) is 34.5 Å². The normalized spacial score (nSPS) is 16.7. The van der Waals surface area contributed by atoms with Gasteiger partial charge in [-0.2, -0.15) is 0 Å². The predicted molar refractivity (Wildman–Crippen MR) is 74.9 cm³/mol. The molecule has 1 aromatic rings. The molecule has 0 amide bonds. The molecule has 0 spiro atoms. The number of likely N-dealkylation sites (N-methyl/N-ethyl adjacent to an activating group) is 1. The maximum Gasteiger partial charge on any atom is 0.324 e. The van der Waals surface area contributed by atoms with Crippen LogP contribution in [0.4, 0.5) is 0 Å². The Bertz CT molecular complexity index is 434. The van der Waals surface area contributed by atoms with Gasteiger partial charge in [-0.15, -0.1) is 0 Å². The zero-order chi connectivity index (χ0) is 13.7. The molecule has 4 nitrogen and oxygen atoms in total. The lowest BCUT2D eigenvalue weighted by Gasteiger charge is -2.31. The average molecular weight is 262 g/mol. The van der Waals surface area contributed by atoms with Gasteiger partial charge >= 0.3 is 5.97 Å². The van der Waals surface area contributed by atoms with Gasteiger partial charge in [0.1, 0.15) is 6.04 Å². The van der Waals surface area contributed by atoms with E-state index in [0.717, 1.165) is 26.1 Å². The van der Waals surface area contributed by atoms with E-state index in [4.69, 9.17) is 4.74 Å². The lowest BCUT2D eigenvalue weighted by molar-refractivity contribution is -0.143. The van der Waals surface area contributed by atoms with Gasteiger partial charge in [-0.1, -0.05) is 31.2 Å². The molecule has 1 aliphatic heterocycles. The Kier molecular flexibility index (Phi) is 4.93. The van der Waals surface area contributed by atoms with Gasteiger partial charge < -0.3 is 10.1 Å². The first-order valence-electron chi connectivity index (χ1n) is 6.85. The lowest BCUT2D eigenvalue weighted by atomic mass is 9.99. The van der Waals surface area contributed by atoms with Crippen LogP contribution in [0, 0.1) is 0 Å². The van der Waals surface area contributed by atoms with E-state index in [0.29, 0.717) is 6.54 Å². The van der Waals surface area contributed by atoms with Gasteiger partial charge in [-0.3, -0.25) is 9.69 Å². The van der Waals surface area contributed by atoms with E-state index in [1.165, 1.54) is 18.2 Å². The number of hydrogen-bond donors (Lipinski definition) is 1. The fourth-order valence-corrected chi connectivity index (χ4v) is 2.58. The molecule has 19 heavy (non-hydrogen) atoms. The van der Waals surface area contributed by atoms with E-state index in [1.54, 1.807) is 0 Å². The minimum Gasteiger partial charge on any atom is -0.468 e. The number of fused-ring (bicyclic) bond motifs is 1. The summed E-state index contributed by atoms with van der Waals surface area (Å²) in [5.41, 5.74) is 2.80. The highest BCUT2D eigenvalue weighted by Gasteiger charge is 2.23. The Hall–Kier alpha value is -1.39. The van der Waals surface area contributed by atoms with Crippen molar-refractivity contribution in [1.82, 2.24) is 10.2 Å². The second-order valence-corrected chi connectivity index (χ2v) is 4.89. The molecule has 4 heteroatoms. The number of benzene rings is 1. The maximum atomic E-state index is 11.7. The van der Waals surface area contributed by atoms with Crippen LogP contribution in [0.3, 0.4) is 0 Å². The summed E-state index contributed by atoms with van der Waals surface area (Å²) in [4.78, 5) is 14.0. The zero-order valence-electron chi connectivity index (χ0n) is 11.7. The quantitative estimate of drug-likeness (QED) is 0.810. The molecule has 0 aromatic heterocycles. The molecule has 0 fully saturated rings. The van der Waals surface area contributed by atoms with Crippen LogP contribution in [0.1, 0.15) is 18.1 Å². The minimum atomic E-state index is -0.236. The van der Waals surface area contributed by atoms with E-state index in [-0.39, 0.29) is 12.0 Å². The fourth-order valence-electron chi connectivity index (χ4n) is 2.58. The van der Waals surface area contributed by atoms with Crippen molar-refractivity contribution in [3.63, 3.8) is 0 Å². The van der Waals surface area contributed by atoms with Gasteiger partial charge in [0.2, 0.25) is 0 Å². The summed E-state index contributed by atoms with van der Waals surface area (Å²) in [6.45, 7) is 5.38. The molecule has 0 aliphatic carbocycles. The molecular formula is C15H22N2O2. The van der Waals surface area contributed by atoms with E-state index >= 15 is 0 Å². The number of methoxy groups -OCH3 is 1. The Labute approximate surface area is 114 Å².